The van der Waals surface area contributed by atoms with Crippen molar-refractivity contribution in [3.63, 3.8) is 0 Å². The number of unbranched alkanes of at least 4 members (excludes halogenated alkanes) is 1. The van der Waals surface area contributed by atoms with Crippen molar-refractivity contribution in [2.75, 3.05) is 6.54 Å². The first kappa shape index (κ1) is 16.4. The summed E-state index contributed by atoms with van der Waals surface area (Å²) in [5.74, 6) is 0.312. The molecule has 0 saturated carbocycles. The van der Waals surface area contributed by atoms with Crippen LogP contribution in [0.2, 0.25) is 0 Å². The lowest BCUT2D eigenvalue weighted by Gasteiger charge is -2.14. The van der Waals surface area contributed by atoms with Crippen molar-refractivity contribution in [2.45, 2.75) is 39.7 Å². The van der Waals surface area contributed by atoms with E-state index in [2.05, 4.69) is 17.6 Å². The lowest BCUT2D eigenvalue weighted by Crippen LogP contribution is -2.39. The topological polar surface area (TPSA) is 50.4 Å². The quantitative estimate of drug-likeness (QED) is 0.626. The second-order valence-corrected chi connectivity index (χ2v) is 5.13. The Kier molecular flexibility index (Phi) is 7.01. The predicted molar refractivity (Wildman–Crippen MR) is 85.2 cm³/mol. The molecule has 5 heteroatoms. The van der Waals surface area contributed by atoms with Crippen molar-refractivity contribution in [1.29, 1.82) is 0 Å². The number of amides is 1. The molecule has 0 aliphatic rings. The summed E-state index contributed by atoms with van der Waals surface area (Å²) in [6, 6.07) is 7.14. The second-order valence-electron chi connectivity index (χ2n) is 4.73. The van der Waals surface area contributed by atoms with Crippen LogP contribution in [0.5, 0.6) is 5.75 Å². The van der Waals surface area contributed by atoms with Crippen LogP contribution in [0.3, 0.4) is 0 Å². The fraction of sp³-hybridized carbons (Fsp3) is 0.467. The predicted octanol–water partition coefficient (Wildman–Crippen LogP) is 2.88. The molecule has 0 atom stereocenters. The fourth-order valence-corrected chi connectivity index (χ4v) is 1.80. The molecule has 0 bridgehead atoms. The maximum Gasteiger partial charge on any atom is 0.261 e. The molecule has 110 valence electrons. The van der Waals surface area contributed by atoms with E-state index in [4.69, 9.17) is 17.0 Å². The molecule has 1 aromatic carbocycles. The van der Waals surface area contributed by atoms with Gasteiger partial charge in [0.05, 0.1) is 11.7 Å². The monoisotopic (exact) mass is 294 g/mol. The van der Waals surface area contributed by atoms with Gasteiger partial charge in [-0.05, 0) is 44.6 Å². The van der Waals surface area contributed by atoms with E-state index < -0.39 is 0 Å². The van der Waals surface area contributed by atoms with Crippen molar-refractivity contribution < 1.29 is 9.53 Å². The van der Waals surface area contributed by atoms with Gasteiger partial charge in [0.15, 0.2) is 5.11 Å². The highest BCUT2D eigenvalue weighted by atomic mass is 32.1. The van der Waals surface area contributed by atoms with Crippen LogP contribution in [-0.4, -0.2) is 23.7 Å². The molecule has 2 N–H and O–H groups in total. The Morgan fingerprint density at radius 1 is 1.35 bits per heavy atom. The molecule has 0 saturated heterocycles. The summed E-state index contributed by atoms with van der Waals surface area (Å²) < 4.78 is 5.62. The number of carbonyl (C=O) groups is 1. The second kappa shape index (κ2) is 8.53. The van der Waals surface area contributed by atoms with Gasteiger partial charge >= 0.3 is 0 Å². The van der Waals surface area contributed by atoms with E-state index in [9.17, 15) is 4.79 Å². The number of hydrogen-bond acceptors (Lipinski definition) is 3. The summed E-state index contributed by atoms with van der Waals surface area (Å²) in [5, 5.41) is 6.02. The Bertz CT molecular complexity index is 461. The number of para-hydroxylation sites is 1. The maximum atomic E-state index is 12.2. The summed E-state index contributed by atoms with van der Waals surface area (Å²) >= 11 is 5.09. The molecule has 0 heterocycles. The number of ether oxygens (including phenoxy) is 1. The van der Waals surface area contributed by atoms with E-state index in [0.29, 0.717) is 16.4 Å². The summed E-state index contributed by atoms with van der Waals surface area (Å²) in [6.45, 7) is 6.71. The summed E-state index contributed by atoms with van der Waals surface area (Å²) in [6.07, 6.45) is 2.11. The average Bonchev–Trinajstić information content (AvgIpc) is 2.38. The molecule has 1 aromatic rings. The number of hydrogen-bond donors (Lipinski definition) is 2. The zero-order chi connectivity index (χ0) is 15.0. The maximum absolute atomic E-state index is 12.2. The van der Waals surface area contributed by atoms with Crippen molar-refractivity contribution in [3.8, 4) is 5.75 Å². The lowest BCUT2D eigenvalue weighted by atomic mass is 10.2. The SMILES string of the molecule is CCCCNC(=S)NC(=O)c1ccccc1OC(C)C. The van der Waals surface area contributed by atoms with E-state index in [1.165, 1.54) is 0 Å². The van der Waals surface area contributed by atoms with E-state index in [-0.39, 0.29) is 12.0 Å². The van der Waals surface area contributed by atoms with Gasteiger partial charge in [-0.1, -0.05) is 25.5 Å². The Morgan fingerprint density at radius 2 is 2.05 bits per heavy atom. The number of nitrogens with one attached hydrogen (secondary N) is 2. The molecule has 0 aliphatic heterocycles. The number of benzene rings is 1. The highest BCUT2D eigenvalue weighted by Crippen LogP contribution is 2.19. The molecule has 20 heavy (non-hydrogen) atoms. The van der Waals surface area contributed by atoms with E-state index >= 15 is 0 Å². The first-order valence-electron chi connectivity index (χ1n) is 6.89. The Morgan fingerprint density at radius 3 is 2.70 bits per heavy atom. The van der Waals surface area contributed by atoms with Crippen molar-refractivity contribution in [2.24, 2.45) is 0 Å². The molecule has 0 unspecified atom stereocenters. The van der Waals surface area contributed by atoms with Crippen LogP contribution < -0.4 is 15.4 Å². The van der Waals surface area contributed by atoms with Crippen LogP contribution in [0.4, 0.5) is 0 Å². The van der Waals surface area contributed by atoms with Crippen LogP contribution in [0, 0.1) is 0 Å². The molecule has 1 rings (SSSR count). The van der Waals surface area contributed by atoms with Gasteiger partial charge in [-0.2, -0.15) is 0 Å². The van der Waals surface area contributed by atoms with Crippen LogP contribution in [0.25, 0.3) is 0 Å². The smallest absolute Gasteiger partial charge is 0.261 e. The van der Waals surface area contributed by atoms with Gasteiger partial charge in [0.2, 0.25) is 0 Å². The molecule has 0 radical (unpaired) electrons. The van der Waals surface area contributed by atoms with E-state index in [1.54, 1.807) is 18.2 Å². The van der Waals surface area contributed by atoms with Crippen molar-refractivity contribution in [3.05, 3.63) is 29.8 Å². The highest BCUT2D eigenvalue weighted by molar-refractivity contribution is 7.80. The Labute approximate surface area is 125 Å². The average molecular weight is 294 g/mol. The summed E-state index contributed by atoms with van der Waals surface area (Å²) in [7, 11) is 0. The van der Waals surface area contributed by atoms with Gasteiger partial charge in [0.25, 0.3) is 5.91 Å². The molecular formula is C15H22N2O2S. The standard InChI is InChI=1S/C15H22N2O2S/c1-4-5-10-16-15(20)17-14(18)12-8-6-7-9-13(12)19-11(2)3/h6-9,11H,4-5,10H2,1-3H3,(H2,16,17,18,20). The van der Waals surface area contributed by atoms with Crippen molar-refractivity contribution in [1.82, 2.24) is 10.6 Å². The Balaban J connectivity index is 2.65. The largest absolute Gasteiger partial charge is 0.490 e. The van der Waals surface area contributed by atoms with Crippen molar-refractivity contribution >= 4 is 23.2 Å². The molecular weight excluding hydrogens is 272 g/mol. The van der Waals surface area contributed by atoms with Gasteiger partial charge in [0.1, 0.15) is 5.75 Å². The number of rotatable bonds is 6. The normalized spacial score (nSPS) is 10.2. The van der Waals surface area contributed by atoms with E-state index in [1.807, 2.05) is 19.9 Å². The van der Waals surface area contributed by atoms with Gasteiger partial charge in [-0.3, -0.25) is 10.1 Å². The summed E-state index contributed by atoms with van der Waals surface area (Å²) in [4.78, 5) is 12.2. The zero-order valence-electron chi connectivity index (χ0n) is 12.2. The third-order valence-corrected chi connectivity index (χ3v) is 2.78. The minimum atomic E-state index is -0.254. The number of carbonyl (C=O) groups excluding carboxylic acids is 1. The Hall–Kier alpha value is -1.62. The molecule has 4 nitrogen and oxygen atoms in total. The molecule has 0 aliphatic carbocycles. The fourth-order valence-electron chi connectivity index (χ4n) is 1.60. The third kappa shape index (κ3) is 5.57. The van der Waals surface area contributed by atoms with Gasteiger partial charge in [-0.15, -0.1) is 0 Å². The molecule has 0 fully saturated rings. The van der Waals surface area contributed by atoms with Crippen LogP contribution in [0.15, 0.2) is 24.3 Å². The van der Waals surface area contributed by atoms with Gasteiger partial charge in [0, 0.05) is 6.54 Å². The minimum absolute atomic E-state index is 0.0126. The van der Waals surface area contributed by atoms with Gasteiger partial charge < -0.3 is 10.1 Å². The van der Waals surface area contributed by atoms with Gasteiger partial charge in [-0.25, -0.2) is 0 Å². The summed E-state index contributed by atoms with van der Waals surface area (Å²) in [5.41, 5.74) is 0.487. The molecule has 0 spiro atoms. The van der Waals surface area contributed by atoms with Crippen LogP contribution in [0.1, 0.15) is 44.0 Å². The zero-order valence-corrected chi connectivity index (χ0v) is 13.0. The van der Waals surface area contributed by atoms with E-state index in [0.717, 1.165) is 19.4 Å². The molecule has 0 aromatic heterocycles. The first-order chi connectivity index (χ1) is 9.54. The minimum Gasteiger partial charge on any atom is -0.490 e. The first-order valence-corrected chi connectivity index (χ1v) is 7.30. The van der Waals surface area contributed by atoms with Crippen LogP contribution in [-0.2, 0) is 0 Å². The lowest BCUT2D eigenvalue weighted by molar-refractivity contribution is 0.0971. The third-order valence-electron chi connectivity index (χ3n) is 2.54. The number of thiocarbonyl (C=S) groups is 1. The molecule has 1 amide bonds. The van der Waals surface area contributed by atoms with Crippen LogP contribution >= 0.6 is 12.2 Å². The highest BCUT2D eigenvalue weighted by Gasteiger charge is 2.13.